The lowest BCUT2D eigenvalue weighted by Gasteiger charge is -2.26. The Labute approximate surface area is 82.3 Å². The van der Waals surface area contributed by atoms with Crippen LogP contribution in [0.15, 0.2) is 0 Å². The van der Waals surface area contributed by atoms with E-state index >= 15 is 0 Å². The van der Waals surface area contributed by atoms with Gasteiger partial charge in [0.15, 0.2) is 0 Å². The summed E-state index contributed by atoms with van der Waals surface area (Å²) in [5.74, 6) is 0.714. The molecule has 0 heterocycles. The van der Waals surface area contributed by atoms with Gasteiger partial charge in [-0.2, -0.15) is 0 Å². The van der Waals surface area contributed by atoms with Crippen LogP contribution in [0.1, 0.15) is 46.0 Å². The number of nitrogens with two attached hydrogens (primary N) is 1. The van der Waals surface area contributed by atoms with E-state index in [0.717, 1.165) is 12.6 Å². The van der Waals surface area contributed by atoms with E-state index in [1.165, 1.54) is 32.1 Å². The third kappa shape index (κ3) is 3.28. The van der Waals surface area contributed by atoms with Crippen LogP contribution in [0.4, 0.5) is 0 Å². The second kappa shape index (κ2) is 5.61. The van der Waals surface area contributed by atoms with E-state index in [4.69, 9.17) is 5.73 Å². The highest BCUT2D eigenvalue weighted by Gasteiger charge is 2.20. The Morgan fingerprint density at radius 2 is 2.00 bits per heavy atom. The zero-order valence-corrected chi connectivity index (χ0v) is 9.05. The van der Waals surface area contributed by atoms with Gasteiger partial charge in [-0.1, -0.05) is 33.1 Å². The van der Waals surface area contributed by atoms with Crippen molar-refractivity contribution in [3.05, 3.63) is 0 Å². The molecule has 1 aliphatic carbocycles. The van der Waals surface area contributed by atoms with Gasteiger partial charge in [-0.05, 0) is 18.8 Å². The van der Waals surface area contributed by atoms with Crippen LogP contribution in [0, 0.1) is 5.92 Å². The highest BCUT2D eigenvalue weighted by atomic mass is 15.0. The van der Waals surface area contributed by atoms with Crippen LogP contribution in [-0.4, -0.2) is 18.6 Å². The van der Waals surface area contributed by atoms with Crippen molar-refractivity contribution in [1.82, 2.24) is 5.32 Å². The van der Waals surface area contributed by atoms with Gasteiger partial charge in [-0.25, -0.2) is 0 Å². The van der Waals surface area contributed by atoms with Gasteiger partial charge in [0.05, 0.1) is 0 Å². The maximum atomic E-state index is 5.76. The first-order chi connectivity index (χ1) is 6.27. The van der Waals surface area contributed by atoms with Crippen LogP contribution in [0.25, 0.3) is 0 Å². The van der Waals surface area contributed by atoms with Gasteiger partial charge in [0.25, 0.3) is 0 Å². The van der Waals surface area contributed by atoms with Crippen molar-refractivity contribution in [2.75, 3.05) is 6.54 Å². The van der Waals surface area contributed by atoms with Gasteiger partial charge in [-0.3, -0.25) is 0 Å². The van der Waals surface area contributed by atoms with Crippen LogP contribution in [0.3, 0.4) is 0 Å². The summed E-state index contributed by atoms with van der Waals surface area (Å²) in [6, 6.07) is 1.29. The Morgan fingerprint density at radius 3 is 2.46 bits per heavy atom. The third-order valence-electron chi connectivity index (χ3n) is 3.39. The summed E-state index contributed by atoms with van der Waals surface area (Å²) in [5, 5.41) is 3.69. The summed E-state index contributed by atoms with van der Waals surface area (Å²) in [5.41, 5.74) is 5.76. The summed E-state index contributed by atoms with van der Waals surface area (Å²) in [6.07, 6.45) is 6.73. The Balaban J connectivity index is 2.29. The predicted molar refractivity (Wildman–Crippen MR) is 57.7 cm³/mol. The number of rotatable bonds is 5. The monoisotopic (exact) mass is 184 g/mol. The lowest BCUT2D eigenvalue weighted by molar-refractivity contribution is 0.334. The van der Waals surface area contributed by atoms with Crippen molar-refractivity contribution in [2.24, 2.45) is 11.7 Å². The van der Waals surface area contributed by atoms with Crippen molar-refractivity contribution in [2.45, 2.75) is 58.0 Å². The molecule has 2 heteroatoms. The van der Waals surface area contributed by atoms with E-state index in [-0.39, 0.29) is 0 Å². The molecule has 2 atom stereocenters. The molecule has 0 aromatic rings. The van der Waals surface area contributed by atoms with E-state index < -0.39 is 0 Å². The highest BCUT2D eigenvalue weighted by molar-refractivity contribution is 4.81. The SMILES string of the molecule is CCC(C)C(CN)NC1CCCC1. The molecule has 1 rings (SSSR count). The lowest BCUT2D eigenvalue weighted by atomic mass is 9.98. The number of nitrogens with one attached hydrogen (secondary N) is 1. The van der Waals surface area contributed by atoms with E-state index in [0.29, 0.717) is 12.0 Å². The molecule has 0 aromatic carbocycles. The second-order valence-corrected chi connectivity index (χ2v) is 4.38. The first kappa shape index (κ1) is 11.0. The van der Waals surface area contributed by atoms with Crippen molar-refractivity contribution in [1.29, 1.82) is 0 Å². The van der Waals surface area contributed by atoms with Crippen molar-refractivity contribution < 1.29 is 0 Å². The fourth-order valence-electron chi connectivity index (χ4n) is 2.14. The average Bonchev–Trinajstić information content (AvgIpc) is 2.65. The molecule has 0 amide bonds. The van der Waals surface area contributed by atoms with Crippen LogP contribution in [0.2, 0.25) is 0 Å². The fraction of sp³-hybridized carbons (Fsp3) is 1.00. The van der Waals surface area contributed by atoms with Gasteiger partial charge >= 0.3 is 0 Å². The van der Waals surface area contributed by atoms with E-state index in [2.05, 4.69) is 19.2 Å². The van der Waals surface area contributed by atoms with Crippen molar-refractivity contribution in [3.63, 3.8) is 0 Å². The second-order valence-electron chi connectivity index (χ2n) is 4.38. The first-order valence-electron chi connectivity index (χ1n) is 5.74. The van der Waals surface area contributed by atoms with Crippen molar-refractivity contribution >= 4 is 0 Å². The topological polar surface area (TPSA) is 38.0 Å². The molecule has 3 N–H and O–H groups in total. The molecule has 78 valence electrons. The molecule has 0 bridgehead atoms. The van der Waals surface area contributed by atoms with Crippen LogP contribution < -0.4 is 11.1 Å². The van der Waals surface area contributed by atoms with Gasteiger partial charge in [0.2, 0.25) is 0 Å². The molecule has 1 aliphatic rings. The van der Waals surface area contributed by atoms with Crippen molar-refractivity contribution in [3.8, 4) is 0 Å². The van der Waals surface area contributed by atoms with E-state index in [1.807, 2.05) is 0 Å². The molecule has 2 unspecified atom stereocenters. The van der Waals surface area contributed by atoms with Crippen LogP contribution >= 0.6 is 0 Å². The van der Waals surface area contributed by atoms with Gasteiger partial charge < -0.3 is 11.1 Å². The maximum absolute atomic E-state index is 5.76. The quantitative estimate of drug-likeness (QED) is 0.685. The van der Waals surface area contributed by atoms with Crippen LogP contribution in [0.5, 0.6) is 0 Å². The molecular formula is C11H24N2. The standard InChI is InChI=1S/C11H24N2/c1-3-9(2)11(8-12)13-10-6-4-5-7-10/h9-11,13H,3-8,12H2,1-2H3. The van der Waals surface area contributed by atoms with Gasteiger partial charge in [0, 0.05) is 18.6 Å². The Kier molecular flexibility index (Phi) is 4.74. The predicted octanol–water partition coefficient (Wildman–Crippen LogP) is 1.89. The minimum Gasteiger partial charge on any atom is -0.329 e. The molecule has 0 spiro atoms. The molecular weight excluding hydrogens is 160 g/mol. The Hall–Kier alpha value is -0.0800. The zero-order valence-electron chi connectivity index (χ0n) is 9.05. The van der Waals surface area contributed by atoms with Crippen LogP contribution in [-0.2, 0) is 0 Å². The molecule has 1 saturated carbocycles. The van der Waals surface area contributed by atoms with Gasteiger partial charge in [0.1, 0.15) is 0 Å². The maximum Gasteiger partial charge on any atom is 0.0218 e. The van der Waals surface area contributed by atoms with E-state index in [1.54, 1.807) is 0 Å². The molecule has 13 heavy (non-hydrogen) atoms. The average molecular weight is 184 g/mol. The summed E-state index contributed by atoms with van der Waals surface area (Å²) in [6.45, 7) is 5.31. The smallest absolute Gasteiger partial charge is 0.0218 e. The molecule has 2 nitrogen and oxygen atoms in total. The normalized spacial score (nSPS) is 23.3. The summed E-state index contributed by atoms with van der Waals surface area (Å²) < 4.78 is 0. The Morgan fingerprint density at radius 1 is 1.38 bits per heavy atom. The minimum absolute atomic E-state index is 0.535. The van der Waals surface area contributed by atoms with E-state index in [9.17, 15) is 0 Å². The molecule has 0 aromatic heterocycles. The summed E-state index contributed by atoms with van der Waals surface area (Å²) in [7, 11) is 0. The number of hydrogen-bond donors (Lipinski definition) is 2. The third-order valence-corrected chi connectivity index (χ3v) is 3.39. The zero-order chi connectivity index (χ0) is 9.68. The first-order valence-corrected chi connectivity index (χ1v) is 5.74. The fourth-order valence-corrected chi connectivity index (χ4v) is 2.14. The molecule has 0 aliphatic heterocycles. The van der Waals surface area contributed by atoms with Gasteiger partial charge in [-0.15, -0.1) is 0 Å². The largest absolute Gasteiger partial charge is 0.329 e. The molecule has 0 saturated heterocycles. The lowest BCUT2D eigenvalue weighted by Crippen LogP contribution is -2.45. The Bertz CT molecular complexity index is 130. The summed E-state index contributed by atoms with van der Waals surface area (Å²) >= 11 is 0. The molecule has 1 fully saturated rings. The summed E-state index contributed by atoms with van der Waals surface area (Å²) in [4.78, 5) is 0. The number of hydrogen-bond acceptors (Lipinski definition) is 2. The minimum atomic E-state index is 0.535. The highest BCUT2D eigenvalue weighted by Crippen LogP contribution is 2.19. The molecule has 0 radical (unpaired) electrons.